The summed E-state index contributed by atoms with van der Waals surface area (Å²) < 4.78 is 0. The number of carbonyl (C=O) groups excluding carboxylic acids is 2. The zero-order valence-electron chi connectivity index (χ0n) is 15.5. The molecule has 0 radical (unpaired) electrons. The van der Waals surface area contributed by atoms with Gasteiger partial charge in [0.25, 0.3) is 0 Å². The summed E-state index contributed by atoms with van der Waals surface area (Å²) in [6, 6.07) is 0. The van der Waals surface area contributed by atoms with E-state index in [2.05, 4.69) is 29.5 Å². The molecule has 0 aliphatic heterocycles. The van der Waals surface area contributed by atoms with Crippen molar-refractivity contribution in [2.24, 2.45) is 17.1 Å². The molecule has 0 aliphatic rings. The Labute approximate surface area is 148 Å². The van der Waals surface area contributed by atoms with Crippen LogP contribution >= 0.6 is 11.3 Å². The third-order valence-corrected chi connectivity index (χ3v) is 4.35. The Balaban J connectivity index is 2.64. The normalized spacial score (nSPS) is 14.3. The van der Waals surface area contributed by atoms with Gasteiger partial charge in [-0.05, 0) is 19.3 Å². The van der Waals surface area contributed by atoms with Gasteiger partial charge in [0.15, 0.2) is 5.13 Å². The van der Waals surface area contributed by atoms with Crippen LogP contribution < -0.4 is 16.4 Å². The summed E-state index contributed by atoms with van der Waals surface area (Å²) in [5.41, 5.74) is 5.57. The molecule has 1 atom stereocenters. The van der Waals surface area contributed by atoms with Crippen LogP contribution in [0.1, 0.15) is 53.7 Å². The number of anilines is 1. The van der Waals surface area contributed by atoms with Crippen molar-refractivity contribution in [3.63, 3.8) is 0 Å². The van der Waals surface area contributed by atoms with E-state index in [0.717, 1.165) is 6.42 Å². The van der Waals surface area contributed by atoms with Crippen molar-refractivity contribution in [1.29, 1.82) is 0 Å². The molecule has 4 N–H and O–H groups in total. The Kier molecular flexibility index (Phi) is 6.92. The summed E-state index contributed by atoms with van der Waals surface area (Å²) in [6.45, 7) is 12.1. The van der Waals surface area contributed by atoms with Crippen molar-refractivity contribution in [3.8, 4) is 0 Å². The molecule has 1 aromatic heterocycles. The van der Waals surface area contributed by atoms with Crippen LogP contribution in [0.4, 0.5) is 5.13 Å². The van der Waals surface area contributed by atoms with Gasteiger partial charge < -0.3 is 16.4 Å². The molecular weight excluding hydrogens is 324 g/mol. The van der Waals surface area contributed by atoms with E-state index < -0.39 is 11.0 Å². The average molecular weight is 355 g/mol. The monoisotopic (exact) mass is 354 g/mol. The fourth-order valence-electron chi connectivity index (χ4n) is 2.36. The third kappa shape index (κ3) is 6.57. The molecule has 0 bridgehead atoms. The Hall–Kier alpha value is -1.47. The molecule has 136 valence electrons. The summed E-state index contributed by atoms with van der Waals surface area (Å²) in [5.74, 6) is 0.237. The van der Waals surface area contributed by atoms with Crippen molar-refractivity contribution in [3.05, 3.63) is 11.1 Å². The molecule has 2 amide bonds. The van der Waals surface area contributed by atoms with Crippen LogP contribution in [0.25, 0.3) is 0 Å². The van der Waals surface area contributed by atoms with Gasteiger partial charge in [-0.3, -0.25) is 9.59 Å². The Morgan fingerprint density at radius 3 is 2.42 bits per heavy atom. The highest BCUT2D eigenvalue weighted by Crippen LogP contribution is 2.21. The molecule has 1 heterocycles. The lowest BCUT2D eigenvalue weighted by Crippen LogP contribution is -2.52. The molecule has 0 spiro atoms. The number of nitrogens with one attached hydrogen (secondary N) is 2. The second kappa shape index (κ2) is 8.07. The van der Waals surface area contributed by atoms with E-state index in [4.69, 9.17) is 5.73 Å². The minimum Gasteiger partial charge on any atom is -0.349 e. The molecule has 0 saturated heterocycles. The first-order chi connectivity index (χ1) is 10.9. The van der Waals surface area contributed by atoms with Gasteiger partial charge in [-0.1, -0.05) is 34.6 Å². The number of nitrogens with zero attached hydrogens (tertiary/aromatic N) is 1. The minimum atomic E-state index is -0.483. The third-order valence-electron chi connectivity index (χ3n) is 3.55. The lowest BCUT2D eigenvalue weighted by molar-refractivity contribution is -0.123. The minimum absolute atomic E-state index is 0.0968. The van der Waals surface area contributed by atoms with Crippen LogP contribution in [0.15, 0.2) is 5.38 Å². The van der Waals surface area contributed by atoms with E-state index >= 15 is 0 Å². The first-order valence-corrected chi connectivity index (χ1v) is 9.10. The van der Waals surface area contributed by atoms with Crippen molar-refractivity contribution >= 4 is 28.3 Å². The van der Waals surface area contributed by atoms with Crippen LogP contribution in [0, 0.1) is 11.3 Å². The maximum Gasteiger partial charge on any atom is 0.231 e. The average Bonchev–Trinajstić information content (AvgIpc) is 2.83. The summed E-state index contributed by atoms with van der Waals surface area (Å²) in [7, 11) is 0. The van der Waals surface area contributed by atoms with Crippen molar-refractivity contribution in [2.45, 2.75) is 59.9 Å². The zero-order chi connectivity index (χ0) is 18.5. The van der Waals surface area contributed by atoms with Crippen LogP contribution in [-0.4, -0.2) is 28.9 Å². The molecule has 1 rings (SSSR count). The number of amides is 2. The molecule has 0 saturated carbocycles. The van der Waals surface area contributed by atoms with Crippen LogP contribution in [-0.2, 0) is 16.0 Å². The van der Waals surface area contributed by atoms with E-state index in [1.165, 1.54) is 11.3 Å². The summed E-state index contributed by atoms with van der Waals surface area (Å²) in [4.78, 5) is 28.5. The van der Waals surface area contributed by atoms with Gasteiger partial charge in [0.2, 0.25) is 11.8 Å². The molecule has 1 unspecified atom stereocenters. The summed E-state index contributed by atoms with van der Waals surface area (Å²) >= 11 is 1.32. The van der Waals surface area contributed by atoms with Gasteiger partial charge in [-0.2, -0.15) is 0 Å². The Morgan fingerprint density at radius 2 is 1.92 bits per heavy atom. The zero-order valence-corrected chi connectivity index (χ0v) is 16.3. The molecule has 0 aliphatic carbocycles. The van der Waals surface area contributed by atoms with Gasteiger partial charge in [0.1, 0.15) is 0 Å². The first-order valence-electron chi connectivity index (χ1n) is 8.22. The molecule has 0 aromatic carbocycles. The molecular formula is C17H30N4O2S. The largest absolute Gasteiger partial charge is 0.349 e. The van der Waals surface area contributed by atoms with E-state index in [-0.39, 0.29) is 18.2 Å². The number of hydrogen-bond acceptors (Lipinski definition) is 5. The molecule has 24 heavy (non-hydrogen) atoms. The second-order valence-electron chi connectivity index (χ2n) is 7.94. The van der Waals surface area contributed by atoms with Crippen molar-refractivity contribution in [1.82, 2.24) is 10.3 Å². The Morgan fingerprint density at radius 1 is 1.29 bits per heavy atom. The fraction of sp³-hybridized carbons (Fsp3) is 0.706. The number of thiazole rings is 1. The topological polar surface area (TPSA) is 97.1 Å². The van der Waals surface area contributed by atoms with E-state index in [0.29, 0.717) is 23.3 Å². The molecule has 1 aromatic rings. The van der Waals surface area contributed by atoms with Crippen LogP contribution in [0.2, 0.25) is 0 Å². The highest BCUT2D eigenvalue weighted by molar-refractivity contribution is 7.13. The van der Waals surface area contributed by atoms with Crippen LogP contribution in [0.5, 0.6) is 0 Å². The molecule has 6 nitrogen and oxygen atoms in total. The van der Waals surface area contributed by atoms with E-state index in [1.807, 2.05) is 27.7 Å². The first kappa shape index (κ1) is 20.6. The maximum atomic E-state index is 12.3. The summed E-state index contributed by atoms with van der Waals surface area (Å²) in [6.07, 6.45) is 0.995. The fourth-order valence-corrected chi connectivity index (χ4v) is 3.07. The quantitative estimate of drug-likeness (QED) is 0.701. The smallest absolute Gasteiger partial charge is 0.231 e. The number of rotatable bonds is 7. The SMILES string of the molecule is CC(C)CC(C)(CN)NC(=O)Cc1csc(NC(=O)C(C)(C)C)n1. The highest BCUT2D eigenvalue weighted by Gasteiger charge is 2.26. The summed E-state index contributed by atoms with van der Waals surface area (Å²) in [5, 5.41) is 8.10. The second-order valence-corrected chi connectivity index (χ2v) is 8.79. The number of hydrogen-bond donors (Lipinski definition) is 3. The van der Waals surface area contributed by atoms with E-state index in [9.17, 15) is 9.59 Å². The number of nitrogens with two attached hydrogens (primary N) is 1. The predicted molar refractivity (Wildman–Crippen MR) is 99.0 cm³/mol. The van der Waals surface area contributed by atoms with Crippen LogP contribution in [0.3, 0.4) is 0 Å². The van der Waals surface area contributed by atoms with Gasteiger partial charge in [0, 0.05) is 22.9 Å². The van der Waals surface area contributed by atoms with Gasteiger partial charge in [-0.25, -0.2) is 4.98 Å². The predicted octanol–water partition coefficient (Wildman–Crippen LogP) is 2.55. The standard InChI is InChI=1S/C17H30N4O2S/c1-11(2)8-17(6,10-18)21-13(22)7-12-9-24-15(19-12)20-14(23)16(3,4)5/h9,11H,7-8,10,18H2,1-6H3,(H,21,22)(H,19,20,23). The van der Waals surface area contributed by atoms with Gasteiger partial charge in [0.05, 0.1) is 12.1 Å². The van der Waals surface area contributed by atoms with E-state index in [1.54, 1.807) is 5.38 Å². The highest BCUT2D eigenvalue weighted by atomic mass is 32.1. The van der Waals surface area contributed by atoms with Gasteiger partial charge in [-0.15, -0.1) is 11.3 Å². The number of carbonyl (C=O) groups is 2. The molecule has 0 fully saturated rings. The lowest BCUT2D eigenvalue weighted by Gasteiger charge is -2.31. The molecule has 7 heteroatoms. The number of aromatic nitrogens is 1. The maximum absolute atomic E-state index is 12.3. The van der Waals surface area contributed by atoms with Gasteiger partial charge >= 0.3 is 0 Å². The van der Waals surface area contributed by atoms with Crippen molar-refractivity contribution < 1.29 is 9.59 Å². The Bertz CT molecular complexity index is 577. The van der Waals surface area contributed by atoms with Crippen molar-refractivity contribution in [2.75, 3.05) is 11.9 Å². The lowest BCUT2D eigenvalue weighted by atomic mass is 9.90.